The van der Waals surface area contributed by atoms with Gasteiger partial charge in [0.2, 0.25) is 0 Å². The van der Waals surface area contributed by atoms with Crippen molar-refractivity contribution < 1.29 is 0 Å². The number of hydrogen-bond acceptors (Lipinski definition) is 4. The van der Waals surface area contributed by atoms with E-state index in [1.165, 1.54) is 0 Å². The highest BCUT2D eigenvalue weighted by Gasteiger charge is 2.28. The highest BCUT2D eigenvalue weighted by atomic mass is 15.0. The lowest BCUT2D eigenvalue weighted by molar-refractivity contribution is 0.611. The van der Waals surface area contributed by atoms with Crippen molar-refractivity contribution in [3.8, 4) is 18.4 Å². The maximum absolute atomic E-state index is 9.07. The zero-order valence-electron chi connectivity index (χ0n) is 13.8. The lowest BCUT2D eigenvalue weighted by Crippen LogP contribution is -2.30. The van der Waals surface area contributed by atoms with E-state index >= 15 is 0 Å². The van der Waals surface area contributed by atoms with Gasteiger partial charge in [0.05, 0.1) is 11.1 Å². The first kappa shape index (κ1) is 15.8. The quantitative estimate of drug-likeness (QED) is 0.730. The van der Waals surface area contributed by atoms with Crippen molar-refractivity contribution in [3.05, 3.63) is 83.1 Å². The molecule has 1 aliphatic heterocycles. The molecule has 4 nitrogen and oxygen atoms in total. The number of hydrogen-bond donors (Lipinski definition) is 1. The molecule has 0 fully saturated rings. The Morgan fingerprint density at radius 1 is 1.08 bits per heavy atom. The second-order valence-corrected chi connectivity index (χ2v) is 6.15. The summed E-state index contributed by atoms with van der Waals surface area (Å²) in [6, 6.07) is 17.4. The molecule has 2 N–H and O–H groups in total. The number of fused-ring (bicyclic) bond motifs is 1. The van der Waals surface area contributed by atoms with Gasteiger partial charge in [0.25, 0.3) is 0 Å². The second-order valence-electron chi connectivity index (χ2n) is 6.15. The molecule has 0 saturated heterocycles. The molecular weight excluding hydrogens is 320 g/mol. The normalized spacial score (nSPS) is 18.3. The van der Waals surface area contributed by atoms with Crippen LogP contribution in [0.15, 0.2) is 65.8 Å². The highest BCUT2D eigenvalue weighted by Crippen LogP contribution is 2.32. The zero-order chi connectivity index (χ0) is 18.1. The van der Waals surface area contributed by atoms with Crippen LogP contribution in [0, 0.1) is 23.7 Å². The number of nitrogens with zero attached hydrogens (tertiary/aromatic N) is 3. The third kappa shape index (κ3) is 2.65. The Bertz CT molecular complexity index is 1170. The second kappa shape index (κ2) is 5.97. The molecule has 0 aliphatic carbocycles. The van der Waals surface area contributed by atoms with Crippen molar-refractivity contribution in [3.63, 3.8) is 0 Å². The number of aliphatic imine (C=N–C) groups is 1. The first-order valence-electron chi connectivity index (χ1n) is 8.06. The number of aromatic nitrogens is 1. The van der Waals surface area contributed by atoms with Crippen molar-refractivity contribution in [2.24, 2.45) is 10.7 Å². The van der Waals surface area contributed by atoms with Crippen molar-refractivity contribution in [1.29, 1.82) is 5.26 Å². The van der Waals surface area contributed by atoms with E-state index in [0.717, 1.165) is 33.2 Å². The van der Waals surface area contributed by atoms with E-state index in [2.05, 4.69) is 22.0 Å². The SMILES string of the molecule is C#Cc1cccc(C2=CC(N)(c3ccc4ncc(C#N)cc4c3)N=C2)c1. The monoisotopic (exact) mass is 334 g/mol. The van der Waals surface area contributed by atoms with E-state index in [4.69, 9.17) is 17.4 Å². The molecule has 4 rings (SSSR count). The van der Waals surface area contributed by atoms with Crippen LogP contribution in [0.4, 0.5) is 0 Å². The molecule has 26 heavy (non-hydrogen) atoms. The Morgan fingerprint density at radius 3 is 2.77 bits per heavy atom. The average molecular weight is 334 g/mol. The lowest BCUT2D eigenvalue weighted by atomic mass is 9.96. The number of benzene rings is 2. The third-order valence-corrected chi connectivity index (χ3v) is 4.43. The van der Waals surface area contributed by atoms with Crippen molar-refractivity contribution in [2.45, 2.75) is 5.66 Å². The summed E-state index contributed by atoms with van der Waals surface area (Å²) in [5, 5.41) is 9.93. The molecule has 0 amide bonds. The minimum absolute atomic E-state index is 0.512. The number of nitrogens with two attached hydrogens (primary N) is 1. The van der Waals surface area contributed by atoms with Crippen LogP contribution in [0.2, 0.25) is 0 Å². The van der Waals surface area contributed by atoms with E-state index < -0.39 is 5.66 Å². The maximum atomic E-state index is 9.07. The summed E-state index contributed by atoms with van der Waals surface area (Å²) in [4.78, 5) is 8.81. The number of allylic oxidation sites excluding steroid dienone is 1. The molecule has 4 heteroatoms. The van der Waals surface area contributed by atoms with Crippen LogP contribution >= 0.6 is 0 Å². The first-order chi connectivity index (χ1) is 12.6. The Balaban J connectivity index is 1.77. The summed E-state index contributed by atoms with van der Waals surface area (Å²) < 4.78 is 0. The minimum Gasteiger partial charge on any atom is -0.300 e. The van der Waals surface area contributed by atoms with Crippen LogP contribution in [0.3, 0.4) is 0 Å². The van der Waals surface area contributed by atoms with E-state index in [1.54, 1.807) is 18.5 Å². The Hall–Kier alpha value is -3.73. The van der Waals surface area contributed by atoms with E-state index in [-0.39, 0.29) is 0 Å². The molecule has 122 valence electrons. The first-order valence-corrected chi connectivity index (χ1v) is 8.06. The van der Waals surface area contributed by atoms with Gasteiger partial charge in [-0.25, -0.2) is 0 Å². The van der Waals surface area contributed by atoms with Gasteiger partial charge < -0.3 is 5.73 Å². The molecule has 1 unspecified atom stereocenters. The summed E-state index contributed by atoms with van der Waals surface area (Å²) in [5.74, 6) is 2.64. The van der Waals surface area contributed by atoms with E-state index in [0.29, 0.717) is 5.56 Å². The maximum Gasteiger partial charge on any atom is 0.153 e. The van der Waals surface area contributed by atoms with Gasteiger partial charge in [-0.2, -0.15) is 5.26 Å². The highest BCUT2D eigenvalue weighted by molar-refractivity contribution is 6.12. The molecule has 1 aliphatic rings. The predicted octanol–water partition coefficient (Wildman–Crippen LogP) is 3.37. The van der Waals surface area contributed by atoms with Gasteiger partial charge >= 0.3 is 0 Å². The molecule has 3 aromatic rings. The number of terminal acetylenes is 1. The standard InChI is InChI=1S/C22H14N4/c1-2-15-4-3-5-17(8-15)19-11-22(24,26-14-19)20-6-7-21-18(10-20)9-16(12-23)13-25-21/h1,3-11,13-14H,24H2. The molecule has 0 spiro atoms. The average Bonchev–Trinajstić information content (AvgIpc) is 3.10. The Kier molecular flexibility index (Phi) is 3.62. The summed E-state index contributed by atoms with van der Waals surface area (Å²) >= 11 is 0. The fourth-order valence-corrected chi connectivity index (χ4v) is 3.03. The molecule has 1 atom stereocenters. The van der Waals surface area contributed by atoms with Gasteiger partial charge in [0.1, 0.15) is 6.07 Å². The van der Waals surface area contributed by atoms with Crippen molar-refractivity contribution >= 4 is 22.7 Å². The van der Waals surface area contributed by atoms with Crippen molar-refractivity contribution in [2.75, 3.05) is 0 Å². The predicted molar refractivity (Wildman–Crippen MR) is 103 cm³/mol. The van der Waals surface area contributed by atoms with Gasteiger partial charge in [-0.15, -0.1) is 6.42 Å². The fourth-order valence-electron chi connectivity index (χ4n) is 3.03. The Morgan fingerprint density at radius 2 is 1.96 bits per heavy atom. The molecule has 0 bridgehead atoms. The zero-order valence-corrected chi connectivity index (χ0v) is 13.8. The third-order valence-electron chi connectivity index (χ3n) is 4.43. The molecule has 2 heterocycles. The topological polar surface area (TPSA) is 75.1 Å². The summed E-state index contributed by atoms with van der Waals surface area (Å²) in [6.45, 7) is 0. The fraction of sp³-hybridized carbons (Fsp3) is 0.0455. The number of nitriles is 1. The Labute approximate surface area is 151 Å². The van der Waals surface area contributed by atoms with Gasteiger partial charge in [0, 0.05) is 23.4 Å². The van der Waals surface area contributed by atoms with Gasteiger partial charge in [-0.3, -0.25) is 9.98 Å². The van der Waals surface area contributed by atoms with Gasteiger partial charge in [0.15, 0.2) is 5.66 Å². The van der Waals surface area contributed by atoms with Crippen LogP contribution in [0.1, 0.15) is 22.3 Å². The van der Waals surface area contributed by atoms with Crippen LogP contribution in [-0.4, -0.2) is 11.2 Å². The smallest absolute Gasteiger partial charge is 0.153 e. The molecule has 0 radical (unpaired) electrons. The van der Waals surface area contributed by atoms with E-state index in [1.807, 2.05) is 48.5 Å². The van der Waals surface area contributed by atoms with Crippen LogP contribution in [0.5, 0.6) is 0 Å². The van der Waals surface area contributed by atoms with Crippen LogP contribution in [0.25, 0.3) is 16.5 Å². The van der Waals surface area contributed by atoms with Crippen LogP contribution in [-0.2, 0) is 5.66 Å². The molecule has 2 aromatic carbocycles. The largest absolute Gasteiger partial charge is 0.300 e. The van der Waals surface area contributed by atoms with Gasteiger partial charge in [-0.05, 0) is 53.1 Å². The number of pyridine rings is 1. The van der Waals surface area contributed by atoms with Gasteiger partial charge in [-0.1, -0.05) is 24.1 Å². The minimum atomic E-state index is -0.960. The molecule has 0 saturated carbocycles. The van der Waals surface area contributed by atoms with Crippen LogP contribution < -0.4 is 5.73 Å². The molecular formula is C22H14N4. The molecule has 1 aromatic heterocycles. The van der Waals surface area contributed by atoms with Crippen molar-refractivity contribution in [1.82, 2.24) is 4.98 Å². The summed E-state index contributed by atoms with van der Waals surface area (Å²) in [7, 11) is 0. The summed E-state index contributed by atoms with van der Waals surface area (Å²) in [5.41, 5.74) is 10.5. The summed E-state index contributed by atoms with van der Waals surface area (Å²) in [6.07, 6.45) is 10.7. The van der Waals surface area contributed by atoms with E-state index in [9.17, 15) is 0 Å². The lowest BCUT2D eigenvalue weighted by Gasteiger charge is -2.19. The number of rotatable bonds is 2.